The number of benzene rings is 2. The predicted octanol–water partition coefficient (Wildman–Crippen LogP) is 6.87. The maximum absolute atomic E-state index is 14.0. The molecule has 2 N–H and O–H groups in total. The molecule has 2 aromatic carbocycles. The van der Waals surface area contributed by atoms with Gasteiger partial charge in [-0.3, -0.25) is 9.59 Å². The quantitative estimate of drug-likeness (QED) is 0.254. The molecule has 3 aromatic rings. The summed E-state index contributed by atoms with van der Waals surface area (Å²) in [4.78, 5) is 28.9. The fourth-order valence-corrected chi connectivity index (χ4v) is 4.69. The number of rotatable bonds is 6. The van der Waals surface area contributed by atoms with Crippen molar-refractivity contribution in [1.29, 1.82) is 0 Å². The Kier molecular flexibility index (Phi) is 7.14. The standard InChI is InChI=1S/C23H13Cl3F5N3O2/c24-14-4-2-11(7-13(14)21(35)34-20-16(29)6-10(27)8-32-20)33-22(36)18-17(23(18,25)26)9-1-3-12(19(30)31)15(28)5-9/h1-8,17-19H,(H,33,36)(H,32,34,35)/t17-,18+/m0/s1. The Hall–Kier alpha value is -2.95. The summed E-state index contributed by atoms with van der Waals surface area (Å²) in [5.74, 6) is -7.27. The van der Waals surface area contributed by atoms with Gasteiger partial charge in [-0.1, -0.05) is 23.7 Å². The molecule has 1 heterocycles. The number of pyridine rings is 1. The zero-order valence-electron chi connectivity index (χ0n) is 17.6. The van der Waals surface area contributed by atoms with Gasteiger partial charge in [-0.25, -0.2) is 26.9 Å². The number of carbonyl (C=O) groups is 2. The Bertz CT molecular complexity index is 1370. The molecule has 2 amide bonds. The summed E-state index contributed by atoms with van der Waals surface area (Å²) in [5.41, 5.74) is -0.707. The van der Waals surface area contributed by atoms with Crippen LogP contribution in [0.5, 0.6) is 0 Å². The Morgan fingerprint density at radius 3 is 2.33 bits per heavy atom. The summed E-state index contributed by atoms with van der Waals surface area (Å²) < 4.78 is 64.9. The van der Waals surface area contributed by atoms with E-state index < -0.39 is 63.2 Å². The van der Waals surface area contributed by atoms with Gasteiger partial charge in [0.15, 0.2) is 11.6 Å². The van der Waals surface area contributed by atoms with E-state index in [1.54, 1.807) is 0 Å². The molecule has 1 aromatic heterocycles. The molecule has 0 aliphatic heterocycles. The SMILES string of the molecule is O=C(Nc1ncc(F)cc1F)c1cc(NC(=O)[C@H]2[C@H](c3ccc(C(F)F)c(F)c3)C2(Cl)Cl)ccc1Cl. The predicted molar refractivity (Wildman–Crippen MR) is 124 cm³/mol. The lowest BCUT2D eigenvalue weighted by molar-refractivity contribution is -0.117. The van der Waals surface area contributed by atoms with Gasteiger partial charge < -0.3 is 10.6 Å². The molecule has 13 heteroatoms. The lowest BCUT2D eigenvalue weighted by Crippen LogP contribution is -2.19. The van der Waals surface area contributed by atoms with Crippen LogP contribution in [0.4, 0.5) is 33.5 Å². The zero-order chi connectivity index (χ0) is 26.4. The van der Waals surface area contributed by atoms with Crippen LogP contribution in [0.25, 0.3) is 0 Å². The average molecular weight is 565 g/mol. The van der Waals surface area contributed by atoms with Gasteiger partial charge in [0.05, 0.1) is 28.3 Å². The van der Waals surface area contributed by atoms with E-state index in [1.165, 1.54) is 24.3 Å². The smallest absolute Gasteiger partial charge is 0.266 e. The third-order valence-corrected chi connectivity index (χ3v) is 6.74. The highest BCUT2D eigenvalue weighted by Gasteiger charge is 2.67. The first kappa shape index (κ1) is 26.1. The minimum Gasteiger partial charge on any atom is -0.326 e. The van der Waals surface area contributed by atoms with Crippen molar-refractivity contribution < 1.29 is 31.5 Å². The second kappa shape index (κ2) is 9.84. The lowest BCUT2D eigenvalue weighted by Gasteiger charge is -2.10. The fourth-order valence-electron chi connectivity index (χ4n) is 3.66. The molecule has 1 aliphatic carbocycles. The number of alkyl halides is 4. The van der Waals surface area contributed by atoms with Crippen molar-refractivity contribution in [3.8, 4) is 0 Å². The van der Waals surface area contributed by atoms with E-state index in [9.17, 15) is 31.5 Å². The van der Waals surface area contributed by atoms with Gasteiger partial charge in [-0.15, -0.1) is 23.2 Å². The van der Waals surface area contributed by atoms with Gasteiger partial charge in [-0.2, -0.15) is 0 Å². The summed E-state index contributed by atoms with van der Waals surface area (Å²) in [5, 5.41) is 4.61. The second-order valence-corrected chi connectivity index (χ2v) is 9.68. The molecule has 1 aliphatic rings. The van der Waals surface area contributed by atoms with E-state index in [-0.39, 0.29) is 21.8 Å². The van der Waals surface area contributed by atoms with Crippen LogP contribution in [0.1, 0.15) is 33.8 Å². The molecule has 1 saturated carbocycles. The van der Waals surface area contributed by atoms with Crippen LogP contribution in [0.15, 0.2) is 48.7 Å². The molecule has 0 saturated heterocycles. The van der Waals surface area contributed by atoms with Crippen molar-refractivity contribution >= 4 is 58.1 Å². The third kappa shape index (κ3) is 5.11. The van der Waals surface area contributed by atoms with Crippen molar-refractivity contribution in [2.24, 2.45) is 5.92 Å². The highest BCUT2D eigenvalue weighted by Crippen LogP contribution is 2.65. The van der Waals surface area contributed by atoms with Crippen LogP contribution in [-0.2, 0) is 4.79 Å². The van der Waals surface area contributed by atoms with Crippen LogP contribution < -0.4 is 10.6 Å². The minimum absolute atomic E-state index is 0.0454. The Morgan fingerprint density at radius 1 is 0.972 bits per heavy atom. The molecular weight excluding hydrogens is 552 g/mol. The molecule has 0 spiro atoms. The molecule has 188 valence electrons. The Morgan fingerprint density at radius 2 is 1.69 bits per heavy atom. The zero-order valence-corrected chi connectivity index (χ0v) is 19.9. The molecule has 0 bridgehead atoms. The van der Waals surface area contributed by atoms with E-state index in [0.29, 0.717) is 12.3 Å². The van der Waals surface area contributed by atoms with E-state index in [0.717, 1.165) is 12.1 Å². The second-order valence-electron chi connectivity index (χ2n) is 7.83. The number of aromatic nitrogens is 1. The van der Waals surface area contributed by atoms with Crippen LogP contribution in [-0.4, -0.2) is 21.1 Å². The molecule has 5 nitrogen and oxygen atoms in total. The summed E-state index contributed by atoms with van der Waals surface area (Å²) in [6.45, 7) is 0. The Labute approximate surface area is 215 Å². The van der Waals surface area contributed by atoms with E-state index in [2.05, 4.69) is 15.6 Å². The van der Waals surface area contributed by atoms with Gasteiger partial charge in [0, 0.05) is 17.7 Å². The summed E-state index contributed by atoms with van der Waals surface area (Å²) in [6, 6.07) is 7.35. The molecule has 0 radical (unpaired) electrons. The number of anilines is 2. The first-order valence-electron chi connectivity index (χ1n) is 10.1. The van der Waals surface area contributed by atoms with Crippen LogP contribution in [0.3, 0.4) is 0 Å². The lowest BCUT2D eigenvalue weighted by atomic mass is 10.1. The number of hydrogen-bond donors (Lipinski definition) is 2. The third-order valence-electron chi connectivity index (χ3n) is 5.47. The number of carbonyl (C=O) groups excluding carboxylic acids is 2. The van der Waals surface area contributed by atoms with Gasteiger partial charge in [0.25, 0.3) is 12.3 Å². The first-order chi connectivity index (χ1) is 16.9. The van der Waals surface area contributed by atoms with Gasteiger partial charge in [0.1, 0.15) is 16.0 Å². The minimum atomic E-state index is -3.01. The maximum Gasteiger partial charge on any atom is 0.266 e. The van der Waals surface area contributed by atoms with E-state index >= 15 is 0 Å². The maximum atomic E-state index is 14.0. The molecule has 36 heavy (non-hydrogen) atoms. The number of nitrogens with one attached hydrogen (secondary N) is 2. The first-order valence-corrected chi connectivity index (χ1v) is 11.2. The Balaban J connectivity index is 1.50. The topological polar surface area (TPSA) is 71.1 Å². The summed E-state index contributed by atoms with van der Waals surface area (Å²) in [6.07, 6.45) is -2.30. The molecule has 2 atom stereocenters. The number of halogens is 8. The number of nitrogens with zero attached hydrogens (tertiary/aromatic N) is 1. The van der Waals surface area contributed by atoms with Crippen molar-refractivity contribution in [2.45, 2.75) is 16.7 Å². The molecular formula is C23H13Cl3F5N3O2. The highest BCUT2D eigenvalue weighted by molar-refractivity contribution is 6.53. The van der Waals surface area contributed by atoms with E-state index in [1.807, 2.05) is 0 Å². The fraction of sp³-hybridized carbons (Fsp3) is 0.174. The van der Waals surface area contributed by atoms with Gasteiger partial charge in [-0.05, 0) is 29.8 Å². The van der Waals surface area contributed by atoms with Crippen LogP contribution >= 0.6 is 34.8 Å². The molecule has 1 fully saturated rings. The monoisotopic (exact) mass is 563 g/mol. The van der Waals surface area contributed by atoms with Crippen molar-refractivity contribution in [1.82, 2.24) is 4.98 Å². The highest BCUT2D eigenvalue weighted by atomic mass is 35.5. The largest absolute Gasteiger partial charge is 0.326 e. The van der Waals surface area contributed by atoms with Crippen molar-refractivity contribution in [3.05, 3.63) is 87.8 Å². The molecule has 0 unspecified atom stereocenters. The average Bonchev–Trinajstić information content (AvgIpc) is 3.38. The van der Waals surface area contributed by atoms with Gasteiger partial charge >= 0.3 is 0 Å². The summed E-state index contributed by atoms with van der Waals surface area (Å²) >= 11 is 18.5. The van der Waals surface area contributed by atoms with Crippen molar-refractivity contribution in [3.63, 3.8) is 0 Å². The van der Waals surface area contributed by atoms with Gasteiger partial charge in [0.2, 0.25) is 5.91 Å². The number of amides is 2. The normalized spacial score (nSPS) is 18.1. The summed E-state index contributed by atoms with van der Waals surface area (Å²) in [7, 11) is 0. The van der Waals surface area contributed by atoms with Crippen molar-refractivity contribution in [2.75, 3.05) is 10.6 Å². The van der Waals surface area contributed by atoms with Crippen LogP contribution in [0.2, 0.25) is 5.02 Å². The molecule has 4 rings (SSSR count). The van der Waals surface area contributed by atoms with E-state index in [4.69, 9.17) is 34.8 Å². The van der Waals surface area contributed by atoms with Crippen LogP contribution in [0, 0.1) is 23.4 Å². The number of hydrogen-bond acceptors (Lipinski definition) is 3.